The van der Waals surface area contributed by atoms with Crippen molar-refractivity contribution in [2.24, 2.45) is 0 Å². The van der Waals surface area contributed by atoms with E-state index in [4.69, 9.17) is 12.2 Å². The number of thiazole rings is 1. The van der Waals surface area contributed by atoms with Gasteiger partial charge in [-0.1, -0.05) is 36.1 Å². The maximum absolute atomic E-state index is 13.9. The molecule has 0 saturated carbocycles. The predicted molar refractivity (Wildman–Crippen MR) is 118 cm³/mol. The lowest BCUT2D eigenvalue weighted by molar-refractivity contribution is -0.115. The van der Waals surface area contributed by atoms with Gasteiger partial charge in [-0.3, -0.25) is 14.9 Å². The summed E-state index contributed by atoms with van der Waals surface area (Å²) in [5.74, 6) is -4.17. The largest absolute Gasteiger partial charge is 0.307 e. The van der Waals surface area contributed by atoms with Gasteiger partial charge in [0.05, 0.1) is 10.6 Å². The van der Waals surface area contributed by atoms with Crippen molar-refractivity contribution in [3.05, 3.63) is 75.3 Å². The first-order valence-electron chi connectivity index (χ1n) is 8.57. The molecule has 0 aliphatic carbocycles. The van der Waals surface area contributed by atoms with Crippen molar-refractivity contribution in [2.75, 3.05) is 5.32 Å². The van der Waals surface area contributed by atoms with Crippen LogP contribution in [-0.4, -0.2) is 21.1 Å². The number of rotatable bonds is 4. The highest BCUT2D eigenvalue weighted by molar-refractivity contribution is 8.26. The van der Waals surface area contributed by atoms with Gasteiger partial charge in [-0.15, -0.1) is 11.3 Å². The molecular formula is C20H10F3N3O2S3. The zero-order chi connectivity index (χ0) is 22.1. The first-order chi connectivity index (χ1) is 14.8. The molecule has 2 heterocycles. The second-order valence-corrected chi connectivity index (χ2v) is 8.79. The molecular weight excluding hydrogens is 467 g/mol. The Labute approximate surface area is 187 Å². The van der Waals surface area contributed by atoms with Gasteiger partial charge in [0.15, 0.2) is 16.8 Å². The number of hydrogen-bond donors (Lipinski definition) is 2. The summed E-state index contributed by atoms with van der Waals surface area (Å²) in [7, 11) is 0. The molecule has 3 aromatic rings. The second-order valence-electron chi connectivity index (χ2n) is 6.21. The minimum Gasteiger partial charge on any atom is -0.307 e. The van der Waals surface area contributed by atoms with Crippen LogP contribution in [-0.2, 0) is 4.79 Å². The van der Waals surface area contributed by atoms with Crippen LogP contribution in [0.1, 0.15) is 15.9 Å². The van der Waals surface area contributed by atoms with Gasteiger partial charge in [-0.25, -0.2) is 18.2 Å². The molecule has 1 aliphatic rings. The Bertz CT molecular complexity index is 1260. The third kappa shape index (κ3) is 4.68. The van der Waals surface area contributed by atoms with E-state index in [0.717, 1.165) is 23.1 Å². The summed E-state index contributed by atoms with van der Waals surface area (Å²) in [6.45, 7) is 0. The first kappa shape index (κ1) is 21.2. The fourth-order valence-electron chi connectivity index (χ4n) is 2.65. The highest BCUT2D eigenvalue weighted by Gasteiger charge is 2.22. The van der Waals surface area contributed by atoms with Crippen molar-refractivity contribution < 1.29 is 22.8 Å². The van der Waals surface area contributed by atoms with E-state index in [0.29, 0.717) is 32.5 Å². The van der Waals surface area contributed by atoms with Crippen LogP contribution >= 0.6 is 35.3 Å². The number of halogens is 3. The van der Waals surface area contributed by atoms with E-state index in [1.165, 1.54) is 5.38 Å². The van der Waals surface area contributed by atoms with Crippen molar-refractivity contribution in [1.82, 2.24) is 10.3 Å². The third-order valence-electron chi connectivity index (χ3n) is 4.12. The van der Waals surface area contributed by atoms with Crippen LogP contribution in [0.25, 0.3) is 17.3 Å². The third-order valence-corrected chi connectivity index (χ3v) is 6.04. The Morgan fingerprint density at radius 2 is 1.81 bits per heavy atom. The molecule has 11 heteroatoms. The summed E-state index contributed by atoms with van der Waals surface area (Å²) in [5.41, 5.74) is 0.909. The number of amides is 2. The second kappa shape index (κ2) is 8.61. The van der Waals surface area contributed by atoms with Gasteiger partial charge in [0.1, 0.15) is 10.1 Å². The lowest BCUT2D eigenvalue weighted by atomic mass is 10.1. The summed E-state index contributed by atoms with van der Waals surface area (Å²) in [5, 5.41) is 6.69. The highest BCUT2D eigenvalue weighted by atomic mass is 32.2. The van der Waals surface area contributed by atoms with Crippen LogP contribution in [0, 0.1) is 17.5 Å². The normalized spacial score (nSPS) is 14.7. The lowest BCUT2D eigenvalue weighted by Crippen LogP contribution is -2.17. The van der Waals surface area contributed by atoms with E-state index in [9.17, 15) is 22.8 Å². The zero-order valence-electron chi connectivity index (χ0n) is 15.2. The van der Waals surface area contributed by atoms with Gasteiger partial charge < -0.3 is 5.32 Å². The van der Waals surface area contributed by atoms with Crippen LogP contribution in [0.5, 0.6) is 0 Å². The molecule has 2 N–H and O–H groups in total. The van der Waals surface area contributed by atoms with Crippen molar-refractivity contribution in [1.29, 1.82) is 0 Å². The fourth-order valence-corrected chi connectivity index (χ4v) is 4.40. The molecule has 4 rings (SSSR count). The molecule has 1 aliphatic heterocycles. The molecule has 1 fully saturated rings. The molecule has 1 aromatic heterocycles. The zero-order valence-corrected chi connectivity index (χ0v) is 17.7. The topological polar surface area (TPSA) is 71.1 Å². The molecule has 2 amide bonds. The van der Waals surface area contributed by atoms with Crippen LogP contribution in [0.2, 0.25) is 0 Å². The number of hydrogen-bond acceptors (Lipinski definition) is 6. The van der Waals surface area contributed by atoms with Crippen molar-refractivity contribution in [3.63, 3.8) is 0 Å². The summed E-state index contributed by atoms with van der Waals surface area (Å²) >= 11 is 7.11. The molecule has 0 unspecified atom stereocenters. The van der Waals surface area contributed by atoms with Crippen molar-refractivity contribution in [2.45, 2.75) is 0 Å². The van der Waals surface area contributed by atoms with Gasteiger partial charge in [-0.05, 0) is 29.8 Å². The minimum absolute atomic E-state index is 0.0731. The molecule has 0 atom stereocenters. The quantitative estimate of drug-likeness (QED) is 0.316. The van der Waals surface area contributed by atoms with Crippen LogP contribution in [0.3, 0.4) is 0 Å². The van der Waals surface area contributed by atoms with Gasteiger partial charge >= 0.3 is 0 Å². The van der Waals surface area contributed by atoms with Gasteiger partial charge in [0.2, 0.25) is 0 Å². The number of nitrogens with zero attached hydrogens (tertiary/aromatic N) is 1. The number of anilines is 1. The Hall–Kier alpha value is -3.02. The fraction of sp³-hybridized carbons (Fsp3) is 0. The van der Waals surface area contributed by atoms with Gasteiger partial charge in [0.25, 0.3) is 11.8 Å². The van der Waals surface area contributed by atoms with E-state index < -0.39 is 23.4 Å². The van der Waals surface area contributed by atoms with Gasteiger partial charge in [-0.2, -0.15) is 0 Å². The molecule has 0 bridgehead atoms. The average molecular weight is 478 g/mol. The molecule has 156 valence electrons. The maximum atomic E-state index is 13.9. The average Bonchev–Trinajstić information content (AvgIpc) is 3.31. The Morgan fingerprint density at radius 1 is 1.10 bits per heavy atom. The van der Waals surface area contributed by atoms with Crippen LogP contribution < -0.4 is 10.6 Å². The standard InChI is InChI=1S/C20H10F3N3O2S3/c21-12-7-14(23)13(22)6-11(12)15-8-30-19(24-15)25-17(27)10-3-1-9(2-4-10)5-16-18(28)26-20(29)31-16/h1-8H,(H,24,25,27)(H,26,28,29)/b16-5-. The van der Waals surface area contributed by atoms with E-state index in [1.54, 1.807) is 30.3 Å². The maximum Gasteiger partial charge on any atom is 0.263 e. The van der Waals surface area contributed by atoms with Crippen molar-refractivity contribution >= 4 is 62.7 Å². The minimum atomic E-state index is -1.29. The lowest BCUT2D eigenvalue weighted by Gasteiger charge is -2.03. The summed E-state index contributed by atoms with van der Waals surface area (Å²) in [4.78, 5) is 28.7. The van der Waals surface area contributed by atoms with Crippen molar-refractivity contribution in [3.8, 4) is 11.3 Å². The number of aromatic nitrogens is 1. The number of carbonyl (C=O) groups is 2. The van der Waals surface area contributed by atoms with Gasteiger partial charge in [0, 0.05) is 22.6 Å². The highest BCUT2D eigenvalue weighted by Crippen LogP contribution is 2.29. The summed E-state index contributed by atoms with van der Waals surface area (Å²) in [6, 6.07) is 7.64. The molecule has 31 heavy (non-hydrogen) atoms. The van der Waals surface area contributed by atoms with Crippen LogP contribution in [0.15, 0.2) is 46.7 Å². The Balaban J connectivity index is 1.47. The molecule has 0 spiro atoms. The smallest absolute Gasteiger partial charge is 0.263 e. The molecule has 0 radical (unpaired) electrons. The molecule has 2 aromatic carbocycles. The van der Waals surface area contributed by atoms with Crippen LogP contribution in [0.4, 0.5) is 18.3 Å². The monoisotopic (exact) mass is 477 g/mol. The Kier molecular flexibility index (Phi) is 5.90. The number of nitrogens with one attached hydrogen (secondary N) is 2. The summed E-state index contributed by atoms with van der Waals surface area (Å²) in [6.07, 6.45) is 1.66. The Morgan fingerprint density at radius 3 is 2.48 bits per heavy atom. The number of thiocarbonyl (C=S) groups is 1. The number of carbonyl (C=O) groups excluding carboxylic acids is 2. The van der Waals surface area contributed by atoms with E-state index >= 15 is 0 Å². The SMILES string of the molecule is O=C1NC(=S)S/C1=C\c1ccc(C(=O)Nc2nc(-c3cc(F)c(F)cc3F)cs2)cc1. The van der Waals surface area contributed by atoms with E-state index in [2.05, 4.69) is 15.6 Å². The van der Waals surface area contributed by atoms with E-state index in [-0.39, 0.29) is 22.3 Å². The predicted octanol–water partition coefficient (Wildman–Crippen LogP) is 4.97. The molecule has 5 nitrogen and oxygen atoms in total. The first-order valence-corrected chi connectivity index (χ1v) is 10.7. The number of benzene rings is 2. The molecule has 1 saturated heterocycles. The summed E-state index contributed by atoms with van der Waals surface area (Å²) < 4.78 is 40.8. The van der Waals surface area contributed by atoms with E-state index in [1.807, 2.05) is 0 Å². The number of thioether (sulfide) groups is 1.